The molecular formula is C20H27NO3. The number of carbonyl (C=O) groups is 2. The second-order valence-corrected chi connectivity index (χ2v) is 6.59. The largest absolute Gasteiger partial charge is 0.299 e. The zero-order valence-electron chi connectivity index (χ0n) is 15.0. The van der Waals surface area contributed by atoms with Crippen molar-refractivity contribution in [2.45, 2.75) is 52.9 Å². The lowest BCUT2D eigenvalue weighted by Crippen LogP contribution is -2.32. The summed E-state index contributed by atoms with van der Waals surface area (Å²) >= 11 is 0. The number of ketones is 2. The molecule has 4 heteroatoms. The van der Waals surface area contributed by atoms with Gasteiger partial charge in [0, 0.05) is 19.0 Å². The van der Waals surface area contributed by atoms with Crippen LogP contribution in [0.3, 0.4) is 0 Å². The Hall–Kier alpha value is -1.94. The monoisotopic (exact) mass is 329 g/mol. The van der Waals surface area contributed by atoms with E-state index >= 15 is 0 Å². The van der Waals surface area contributed by atoms with Gasteiger partial charge in [-0.15, -0.1) is 0 Å². The van der Waals surface area contributed by atoms with Crippen molar-refractivity contribution in [2.24, 2.45) is 5.92 Å². The molecule has 0 bridgehead atoms. The number of nitrogens with one attached hydrogen (secondary N) is 1. The summed E-state index contributed by atoms with van der Waals surface area (Å²) in [5, 5.41) is 0. The highest BCUT2D eigenvalue weighted by atomic mass is 16.6. The third-order valence-corrected chi connectivity index (χ3v) is 4.60. The van der Waals surface area contributed by atoms with Crippen LogP contribution in [-0.4, -0.2) is 18.2 Å². The molecule has 1 saturated carbocycles. The number of aryl methyl sites for hydroxylation is 3. The third kappa shape index (κ3) is 4.32. The molecule has 24 heavy (non-hydrogen) atoms. The summed E-state index contributed by atoms with van der Waals surface area (Å²) in [4.78, 5) is 30.0. The normalized spacial score (nSPS) is 21.5. The third-order valence-electron chi connectivity index (χ3n) is 4.60. The fourth-order valence-electron chi connectivity index (χ4n) is 3.71. The molecule has 1 aromatic rings. The van der Waals surface area contributed by atoms with Crippen LogP contribution in [0, 0.1) is 26.7 Å². The molecule has 0 heterocycles. The lowest BCUT2D eigenvalue weighted by atomic mass is 9.73. The molecule has 0 aliphatic heterocycles. The lowest BCUT2D eigenvalue weighted by molar-refractivity contribution is -0.136. The first-order valence-corrected chi connectivity index (χ1v) is 8.59. The summed E-state index contributed by atoms with van der Waals surface area (Å²) in [6.45, 7) is 8.64. The molecule has 0 saturated heterocycles. The fraction of sp³-hybridized carbons (Fsp3) is 0.500. The van der Waals surface area contributed by atoms with Crippen molar-refractivity contribution in [1.29, 1.82) is 0 Å². The van der Waals surface area contributed by atoms with E-state index in [4.69, 9.17) is 4.84 Å². The van der Waals surface area contributed by atoms with Crippen molar-refractivity contribution in [2.75, 3.05) is 6.61 Å². The first-order valence-electron chi connectivity index (χ1n) is 8.59. The molecule has 0 aromatic heterocycles. The molecule has 1 aromatic carbocycles. The Labute approximate surface area is 144 Å². The summed E-state index contributed by atoms with van der Waals surface area (Å²) in [6.07, 6.45) is 4.78. The first kappa shape index (κ1) is 18.4. The summed E-state index contributed by atoms with van der Waals surface area (Å²) in [5.74, 6) is -0.382. The summed E-state index contributed by atoms with van der Waals surface area (Å²) < 4.78 is 0. The van der Waals surface area contributed by atoms with E-state index in [-0.39, 0.29) is 17.5 Å². The van der Waals surface area contributed by atoms with Gasteiger partial charge in [0.1, 0.15) is 11.6 Å². The van der Waals surface area contributed by atoms with E-state index in [9.17, 15) is 9.59 Å². The Morgan fingerprint density at radius 2 is 1.71 bits per heavy atom. The topological polar surface area (TPSA) is 55.4 Å². The van der Waals surface area contributed by atoms with Gasteiger partial charge in [-0.1, -0.05) is 23.8 Å². The minimum atomic E-state index is -0.507. The van der Waals surface area contributed by atoms with Gasteiger partial charge >= 0.3 is 0 Å². The Morgan fingerprint density at radius 1 is 1.12 bits per heavy atom. The van der Waals surface area contributed by atoms with Crippen LogP contribution in [0.5, 0.6) is 0 Å². The van der Waals surface area contributed by atoms with Gasteiger partial charge in [-0.3, -0.25) is 19.9 Å². The van der Waals surface area contributed by atoms with Gasteiger partial charge < -0.3 is 0 Å². The van der Waals surface area contributed by atoms with Gasteiger partial charge in [-0.25, -0.2) is 0 Å². The quantitative estimate of drug-likeness (QED) is 0.491. The van der Waals surface area contributed by atoms with Crippen LogP contribution >= 0.6 is 0 Å². The van der Waals surface area contributed by atoms with Gasteiger partial charge in [-0.2, -0.15) is 0 Å². The van der Waals surface area contributed by atoms with Crippen LogP contribution in [-0.2, 0) is 14.4 Å². The van der Waals surface area contributed by atoms with Crippen molar-refractivity contribution >= 4 is 11.6 Å². The molecule has 130 valence electrons. The van der Waals surface area contributed by atoms with Crippen LogP contribution in [0.4, 0.5) is 0 Å². The van der Waals surface area contributed by atoms with Crippen LogP contribution < -0.4 is 5.48 Å². The van der Waals surface area contributed by atoms with Crippen LogP contribution in [0.15, 0.2) is 24.4 Å². The number of rotatable bonds is 6. The number of hydrogen-bond donors (Lipinski definition) is 1. The highest BCUT2D eigenvalue weighted by Gasteiger charge is 2.36. The molecule has 4 nitrogen and oxygen atoms in total. The molecule has 2 rings (SSSR count). The molecule has 0 radical (unpaired) electrons. The maximum absolute atomic E-state index is 12.5. The number of hydroxylamine groups is 1. The predicted octanol–water partition coefficient (Wildman–Crippen LogP) is 3.69. The van der Waals surface area contributed by atoms with Crippen LogP contribution in [0.2, 0.25) is 0 Å². The zero-order valence-corrected chi connectivity index (χ0v) is 15.0. The van der Waals surface area contributed by atoms with Crippen molar-refractivity contribution in [3.05, 3.63) is 46.7 Å². The van der Waals surface area contributed by atoms with Gasteiger partial charge in [0.05, 0.1) is 12.5 Å². The molecule has 1 aliphatic carbocycles. The van der Waals surface area contributed by atoms with Gasteiger partial charge in [0.25, 0.3) is 0 Å². The molecule has 1 aliphatic rings. The summed E-state index contributed by atoms with van der Waals surface area (Å²) in [5.41, 5.74) is 7.40. The SMILES string of the molecule is CCONC=CCC1C(=O)CC(c2c(C)cc(C)cc2C)CC1=O. The Kier molecular flexibility index (Phi) is 6.32. The van der Waals surface area contributed by atoms with Gasteiger partial charge in [0.2, 0.25) is 0 Å². The maximum Gasteiger partial charge on any atom is 0.144 e. The lowest BCUT2D eigenvalue weighted by Gasteiger charge is -2.28. The number of hydrogen-bond acceptors (Lipinski definition) is 4. The van der Waals surface area contributed by atoms with E-state index in [0.717, 1.165) is 0 Å². The average Bonchev–Trinajstić information content (AvgIpc) is 2.48. The minimum absolute atomic E-state index is 0.0207. The zero-order chi connectivity index (χ0) is 17.7. The number of allylic oxidation sites excluding steroid dienone is 1. The molecule has 0 spiro atoms. The van der Waals surface area contributed by atoms with Gasteiger partial charge in [-0.05, 0) is 56.7 Å². The second-order valence-electron chi connectivity index (χ2n) is 6.59. The fourth-order valence-corrected chi connectivity index (χ4v) is 3.71. The summed E-state index contributed by atoms with van der Waals surface area (Å²) in [6, 6.07) is 4.26. The van der Waals surface area contributed by atoms with Crippen molar-refractivity contribution in [3.8, 4) is 0 Å². The average molecular weight is 329 g/mol. The predicted molar refractivity (Wildman–Crippen MR) is 94.7 cm³/mol. The van der Waals surface area contributed by atoms with E-state index in [1.54, 1.807) is 12.3 Å². The molecule has 1 N–H and O–H groups in total. The first-order chi connectivity index (χ1) is 11.4. The molecule has 1 fully saturated rings. The molecule has 0 unspecified atom stereocenters. The Balaban J connectivity index is 2.07. The molecule has 0 amide bonds. The van der Waals surface area contributed by atoms with Crippen LogP contribution in [0.1, 0.15) is 54.4 Å². The molecule has 0 atom stereocenters. The Morgan fingerprint density at radius 3 is 2.25 bits per heavy atom. The van der Waals surface area contributed by atoms with Crippen molar-refractivity contribution in [3.63, 3.8) is 0 Å². The number of carbonyl (C=O) groups excluding carboxylic acids is 2. The summed E-state index contributed by atoms with van der Waals surface area (Å²) in [7, 11) is 0. The van der Waals surface area contributed by atoms with E-state index in [1.807, 2.05) is 6.92 Å². The van der Waals surface area contributed by atoms with E-state index < -0.39 is 5.92 Å². The Bertz CT molecular complexity index is 607. The maximum atomic E-state index is 12.5. The highest BCUT2D eigenvalue weighted by molar-refractivity contribution is 6.05. The standard InChI is InChI=1S/C20H27NO3/c1-5-24-21-8-6-7-17-18(22)11-16(12-19(17)23)20-14(3)9-13(2)10-15(20)4/h6,8-10,16-17,21H,5,7,11-12H2,1-4H3. The van der Waals surface area contributed by atoms with Crippen molar-refractivity contribution < 1.29 is 14.4 Å². The minimum Gasteiger partial charge on any atom is -0.299 e. The second kappa shape index (κ2) is 8.25. The van der Waals surface area contributed by atoms with Gasteiger partial charge in [0.15, 0.2) is 0 Å². The highest BCUT2D eigenvalue weighted by Crippen LogP contribution is 2.36. The van der Waals surface area contributed by atoms with Crippen molar-refractivity contribution in [1.82, 2.24) is 5.48 Å². The van der Waals surface area contributed by atoms with Crippen LogP contribution in [0.25, 0.3) is 0 Å². The van der Waals surface area contributed by atoms with E-state index in [0.29, 0.717) is 25.9 Å². The smallest absolute Gasteiger partial charge is 0.144 e. The number of benzene rings is 1. The molecular weight excluding hydrogens is 302 g/mol. The van der Waals surface area contributed by atoms with E-state index in [1.165, 1.54) is 22.3 Å². The van der Waals surface area contributed by atoms with E-state index in [2.05, 4.69) is 38.4 Å². The number of Topliss-reactive ketones (excluding diaryl/α,β-unsaturated/α-hetero) is 2.